The first-order valence-corrected chi connectivity index (χ1v) is 15.8. The Morgan fingerprint density at radius 2 is 1.54 bits per heavy atom. The van der Waals surface area contributed by atoms with E-state index in [9.17, 15) is 15.0 Å². The van der Waals surface area contributed by atoms with Crippen LogP contribution in [-0.4, -0.2) is 53.0 Å². The molecule has 9 heteroatoms. The second kappa shape index (κ2) is 14.9. The average molecular weight is 624 g/mol. The molecule has 9 nitrogen and oxygen atoms in total. The Balaban J connectivity index is 1.06. The van der Waals surface area contributed by atoms with Crippen LogP contribution in [0, 0.1) is 5.92 Å². The van der Waals surface area contributed by atoms with E-state index in [0.29, 0.717) is 31.1 Å². The van der Waals surface area contributed by atoms with E-state index in [2.05, 4.69) is 22.5 Å². The number of anilines is 1. The standard InChI is InChI=1S/C37H41N3O6/c1-25-34(23-40-20-19-31(42)22-40)45-36(46-35(25)28-11-9-27(24-41)10-12-28)29-13-7-26(8-14-29)21-38-37(43)39-30-15-17-33(18-16-30)44-32-5-3-2-4-6-32/h2-18,25,31,34-36,41-42H,19-24H2,1H3,(H2,38,39,43). The van der Waals surface area contributed by atoms with Gasteiger partial charge in [0.25, 0.3) is 0 Å². The van der Waals surface area contributed by atoms with Crippen molar-refractivity contribution in [2.24, 2.45) is 5.92 Å². The minimum absolute atomic E-state index is 0.00636. The molecule has 0 saturated carbocycles. The Labute approximate surface area is 269 Å². The number of para-hydroxylation sites is 1. The molecule has 0 spiro atoms. The first-order valence-electron chi connectivity index (χ1n) is 15.8. The third kappa shape index (κ3) is 8.12. The molecular formula is C37H41N3O6. The Morgan fingerprint density at radius 1 is 0.870 bits per heavy atom. The molecule has 6 rings (SSSR count). The number of β-amino-alcohol motifs (C(OH)–C–C–N with tert-alkyl or cyclic N) is 1. The number of likely N-dealkylation sites (tertiary alicyclic amines) is 1. The molecule has 0 radical (unpaired) electrons. The highest BCUT2D eigenvalue weighted by atomic mass is 16.7. The number of ether oxygens (including phenoxy) is 3. The van der Waals surface area contributed by atoms with Gasteiger partial charge in [-0.05, 0) is 59.5 Å². The molecule has 2 heterocycles. The van der Waals surface area contributed by atoms with Crippen molar-refractivity contribution < 1.29 is 29.2 Å². The fourth-order valence-electron chi connectivity index (χ4n) is 5.94. The van der Waals surface area contributed by atoms with E-state index >= 15 is 0 Å². The van der Waals surface area contributed by atoms with Gasteiger partial charge in [0.2, 0.25) is 0 Å². The second-order valence-electron chi connectivity index (χ2n) is 12.0. The number of hydrogen-bond acceptors (Lipinski definition) is 7. The van der Waals surface area contributed by atoms with E-state index in [1.54, 1.807) is 12.1 Å². The van der Waals surface area contributed by atoms with Gasteiger partial charge in [0.05, 0.1) is 24.9 Å². The normalized spacial score (nSPS) is 23.2. The summed E-state index contributed by atoms with van der Waals surface area (Å²) in [5, 5.41) is 25.3. The highest BCUT2D eigenvalue weighted by Crippen LogP contribution is 2.42. The summed E-state index contributed by atoms with van der Waals surface area (Å²) in [7, 11) is 0. The molecule has 0 aromatic heterocycles. The van der Waals surface area contributed by atoms with Crippen LogP contribution in [0.25, 0.3) is 0 Å². The third-order valence-electron chi connectivity index (χ3n) is 8.61. The molecule has 2 aliphatic heterocycles. The number of carbonyl (C=O) groups is 1. The van der Waals surface area contributed by atoms with Crippen LogP contribution in [-0.2, 0) is 22.6 Å². The summed E-state index contributed by atoms with van der Waals surface area (Å²) in [6.07, 6.45) is -0.397. The number of urea groups is 1. The summed E-state index contributed by atoms with van der Waals surface area (Å²) in [4.78, 5) is 14.8. The largest absolute Gasteiger partial charge is 0.457 e. The van der Waals surface area contributed by atoms with Crippen molar-refractivity contribution in [1.29, 1.82) is 0 Å². The summed E-state index contributed by atoms with van der Waals surface area (Å²) in [6.45, 7) is 4.70. The summed E-state index contributed by atoms with van der Waals surface area (Å²) in [6, 6.07) is 32.2. The van der Waals surface area contributed by atoms with Crippen LogP contribution in [0.2, 0.25) is 0 Å². The van der Waals surface area contributed by atoms with Crippen molar-refractivity contribution in [2.45, 2.75) is 51.1 Å². The lowest BCUT2D eigenvalue weighted by molar-refractivity contribution is -0.276. The lowest BCUT2D eigenvalue weighted by atomic mass is 9.90. The van der Waals surface area contributed by atoms with Gasteiger partial charge >= 0.3 is 6.03 Å². The Morgan fingerprint density at radius 3 is 2.22 bits per heavy atom. The van der Waals surface area contributed by atoms with Gasteiger partial charge in [0, 0.05) is 43.3 Å². The molecule has 2 amide bonds. The fourth-order valence-corrected chi connectivity index (χ4v) is 5.94. The number of aliphatic hydroxyl groups excluding tert-OH is 2. The molecule has 2 saturated heterocycles. The number of amides is 2. The SMILES string of the molecule is CC1C(CN2CCC(O)C2)OC(c2ccc(CNC(=O)Nc3ccc(Oc4ccccc4)cc3)cc2)OC1c1ccc(CO)cc1. The van der Waals surface area contributed by atoms with Gasteiger partial charge in [-0.2, -0.15) is 0 Å². The topological polar surface area (TPSA) is 113 Å². The lowest BCUT2D eigenvalue weighted by Gasteiger charge is -2.42. The van der Waals surface area contributed by atoms with Crippen molar-refractivity contribution >= 4 is 11.7 Å². The van der Waals surface area contributed by atoms with Crippen LogP contribution < -0.4 is 15.4 Å². The number of benzene rings is 4. The quantitative estimate of drug-likeness (QED) is 0.168. The van der Waals surface area contributed by atoms with Crippen LogP contribution in [0.4, 0.5) is 10.5 Å². The maximum Gasteiger partial charge on any atom is 0.319 e. The zero-order valence-electron chi connectivity index (χ0n) is 25.9. The molecule has 240 valence electrons. The smallest absolute Gasteiger partial charge is 0.319 e. The molecule has 2 aliphatic rings. The molecule has 2 fully saturated rings. The lowest BCUT2D eigenvalue weighted by Crippen LogP contribution is -2.44. The van der Waals surface area contributed by atoms with Crippen molar-refractivity contribution in [3.05, 3.63) is 125 Å². The third-order valence-corrected chi connectivity index (χ3v) is 8.61. The predicted molar refractivity (Wildman–Crippen MR) is 175 cm³/mol. The first-order chi connectivity index (χ1) is 22.4. The van der Waals surface area contributed by atoms with Crippen LogP contribution in [0.1, 0.15) is 48.0 Å². The molecule has 4 aromatic rings. The molecular weight excluding hydrogens is 582 g/mol. The van der Waals surface area contributed by atoms with Gasteiger partial charge in [-0.15, -0.1) is 0 Å². The summed E-state index contributed by atoms with van der Waals surface area (Å²) in [5.41, 5.74) is 4.38. The second-order valence-corrected chi connectivity index (χ2v) is 12.0. The number of rotatable bonds is 10. The van der Waals surface area contributed by atoms with E-state index in [0.717, 1.165) is 41.0 Å². The van der Waals surface area contributed by atoms with Gasteiger partial charge in [0.15, 0.2) is 6.29 Å². The average Bonchev–Trinajstić information content (AvgIpc) is 3.50. The van der Waals surface area contributed by atoms with Crippen molar-refractivity contribution in [1.82, 2.24) is 10.2 Å². The van der Waals surface area contributed by atoms with Gasteiger partial charge < -0.3 is 35.1 Å². The van der Waals surface area contributed by atoms with Crippen LogP contribution in [0.15, 0.2) is 103 Å². The highest BCUT2D eigenvalue weighted by molar-refractivity contribution is 5.89. The monoisotopic (exact) mass is 623 g/mol. The molecule has 5 atom stereocenters. The number of hydrogen-bond donors (Lipinski definition) is 4. The van der Waals surface area contributed by atoms with E-state index in [1.807, 2.05) is 91.0 Å². The summed E-state index contributed by atoms with van der Waals surface area (Å²) >= 11 is 0. The van der Waals surface area contributed by atoms with Crippen molar-refractivity contribution in [3.8, 4) is 11.5 Å². The minimum atomic E-state index is -0.574. The van der Waals surface area contributed by atoms with E-state index in [1.165, 1.54) is 0 Å². The Kier molecular flexibility index (Phi) is 10.3. The van der Waals surface area contributed by atoms with Crippen molar-refractivity contribution in [3.63, 3.8) is 0 Å². The van der Waals surface area contributed by atoms with Gasteiger partial charge in [-0.1, -0.05) is 73.7 Å². The number of carbonyl (C=O) groups excluding carboxylic acids is 1. The maximum absolute atomic E-state index is 12.6. The molecule has 0 aliphatic carbocycles. The van der Waals surface area contributed by atoms with E-state index < -0.39 is 6.29 Å². The number of aliphatic hydroxyl groups is 2. The molecule has 4 N–H and O–H groups in total. The summed E-state index contributed by atoms with van der Waals surface area (Å²) < 4.78 is 18.9. The maximum atomic E-state index is 12.6. The van der Waals surface area contributed by atoms with Gasteiger partial charge in [-0.3, -0.25) is 4.90 Å². The van der Waals surface area contributed by atoms with Crippen LogP contribution >= 0.6 is 0 Å². The van der Waals surface area contributed by atoms with Gasteiger partial charge in [-0.25, -0.2) is 4.79 Å². The first kappa shape index (κ1) is 31.7. The summed E-state index contributed by atoms with van der Waals surface area (Å²) in [5.74, 6) is 1.51. The van der Waals surface area contributed by atoms with E-state index in [-0.39, 0.29) is 36.9 Å². The molecule has 4 aromatic carbocycles. The molecule has 46 heavy (non-hydrogen) atoms. The van der Waals surface area contributed by atoms with Gasteiger partial charge in [0.1, 0.15) is 11.5 Å². The van der Waals surface area contributed by atoms with E-state index in [4.69, 9.17) is 14.2 Å². The Hall–Kier alpha value is -4.25. The van der Waals surface area contributed by atoms with Crippen molar-refractivity contribution in [2.75, 3.05) is 25.0 Å². The van der Waals surface area contributed by atoms with Crippen LogP contribution in [0.5, 0.6) is 11.5 Å². The zero-order valence-corrected chi connectivity index (χ0v) is 25.9. The Bertz CT molecular complexity index is 1550. The van der Waals surface area contributed by atoms with Crippen LogP contribution in [0.3, 0.4) is 0 Å². The molecule has 5 unspecified atom stereocenters. The highest BCUT2D eigenvalue weighted by Gasteiger charge is 2.39. The minimum Gasteiger partial charge on any atom is -0.457 e. The number of nitrogens with one attached hydrogen (secondary N) is 2. The fraction of sp³-hybridized carbons (Fsp3) is 0.324. The predicted octanol–water partition coefficient (Wildman–Crippen LogP) is 6.15. The molecule has 0 bridgehead atoms. The number of nitrogens with zero attached hydrogens (tertiary/aromatic N) is 1. The zero-order chi connectivity index (χ0) is 31.9.